The molecule has 248 valence electrons. The summed E-state index contributed by atoms with van der Waals surface area (Å²) < 4.78 is 0. The van der Waals surface area contributed by atoms with Crippen LogP contribution in [0.15, 0.2) is 198 Å². The molecular formula is C49H31N3S. The number of aromatic nitrogens is 3. The van der Waals surface area contributed by atoms with Crippen LogP contribution in [0, 0.1) is 0 Å². The third-order valence-electron chi connectivity index (χ3n) is 9.97. The molecule has 0 spiro atoms. The summed E-state index contributed by atoms with van der Waals surface area (Å²) in [5, 5.41) is 2.43. The van der Waals surface area contributed by atoms with Crippen molar-refractivity contribution >= 4 is 22.5 Å². The fraction of sp³-hybridized carbons (Fsp3) is 0. The highest BCUT2D eigenvalue weighted by atomic mass is 32.2. The van der Waals surface area contributed by atoms with Crippen LogP contribution in [0.4, 0.5) is 0 Å². The standard InChI is InChI=1S/C49H31N3S/c1-3-16-33(17-4-1)47-50-48(34-18-5-2-6-19-34)52-49(51-47)35-28-29-41-39-23-10-9-21-37(39)38-22-11-12-24-40(38)42-25-13-14-26-45(42)53-46-36-20-8-7-15-32(36)27-30-43(46)44(41)31-35/h1-31H. The molecule has 0 bridgehead atoms. The van der Waals surface area contributed by atoms with Gasteiger partial charge in [0.25, 0.3) is 0 Å². The van der Waals surface area contributed by atoms with Crippen LogP contribution in [-0.4, -0.2) is 15.0 Å². The minimum absolute atomic E-state index is 0.633. The maximum Gasteiger partial charge on any atom is 0.164 e. The van der Waals surface area contributed by atoms with Gasteiger partial charge in [0, 0.05) is 26.5 Å². The van der Waals surface area contributed by atoms with E-state index in [-0.39, 0.29) is 0 Å². The second-order valence-electron chi connectivity index (χ2n) is 13.2. The monoisotopic (exact) mass is 693 g/mol. The van der Waals surface area contributed by atoms with Crippen molar-refractivity contribution < 1.29 is 0 Å². The first-order chi connectivity index (χ1) is 26.3. The van der Waals surface area contributed by atoms with Crippen LogP contribution in [0.2, 0.25) is 0 Å². The summed E-state index contributed by atoms with van der Waals surface area (Å²) in [6.45, 7) is 0. The molecular weight excluding hydrogens is 663 g/mol. The quantitative estimate of drug-likeness (QED) is 0.185. The van der Waals surface area contributed by atoms with Crippen LogP contribution in [0.5, 0.6) is 0 Å². The molecule has 9 aromatic rings. The molecule has 2 heterocycles. The van der Waals surface area contributed by atoms with Gasteiger partial charge in [-0.05, 0) is 67.4 Å². The van der Waals surface area contributed by atoms with Gasteiger partial charge < -0.3 is 0 Å². The highest BCUT2D eigenvalue weighted by Crippen LogP contribution is 2.50. The topological polar surface area (TPSA) is 38.7 Å². The maximum atomic E-state index is 5.12. The molecule has 4 heteroatoms. The van der Waals surface area contributed by atoms with Gasteiger partial charge in [0.2, 0.25) is 0 Å². The number of hydrogen-bond donors (Lipinski definition) is 0. The number of nitrogens with zero attached hydrogens (tertiary/aromatic N) is 3. The van der Waals surface area contributed by atoms with Gasteiger partial charge in [-0.1, -0.05) is 188 Å². The number of rotatable bonds is 3. The minimum atomic E-state index is 0.633. The summed E-state index contributed by atoms with van der Waals surface area (Å²) in [6, 6.07) is 66.7. The van der Waals surface area contributed by atoms with Crippen LogP contribution < -0.4 is 0 Å². The van der Waals surface area contributed by atoms with E-state index in [0.29, 0.717) is 17.5 Å². The summed E-state index contributed by atoms with van der Waals surface area (Å²) >= 11 is 1.84. The van der Waals surface area contributed by atoms with E-state index in [4.69, 9.17) is 15.0 Å². The van der Waals surface area contributed by atoms with Gasteiger partial charge in [-0.15, -0.1) is 0 Å². The van der Waals surface area contributed by atoms with E-state index in [1.807, 2.05) is 48.2 Å². The van der Waals surface area contributed by atoms with Crippen LogP contribution >= 0.6 is 11.8 Å². The lowest BCUT2D eigenvalue weighted by Gasteiger charge is -2.19. The minimum Gasteiger partial charge on any atom is -0.208 e. The Labute approximate surface area is 312 Å². The average Bonchev–Trinajstić information content (AvgIpc) is 3.25. The van der Waals surface area contributed by atoms with Gasteiger partial charge >= 0.3 is 0 Å². The van der Waals surface area contributed by atoms with Gasteiger partial charge in [0.1, 0.15) is 0 Å². The van der Waals surface area contributed by atoms with Crippen LogP contribution in [0.3, 0.4) is 0 Å². The van der Waals surface area contributed by atoms with Gasteiger partial charge in [0.15, 0.2) is 17.5 Å². The van der Waals surface area contributed by atoms with Crippen molar-refractivity contribution in [3.8, 4) is 78.7 Å². The van der Waals surface area contributed by atoms with Gasteiger partial charge in [-0.2, -0.15) is 0 Å². The Morgan fingerprint density at radius 2 is 0.755 bits per heavy atom. The van der Waals surface area contributed by atoms with Crippen LogP contribution in [0.1, 0.15) is 0 Å². The molecule has 3 nitrogen and oxygen atoms in total. The van der Waals surface area contributed by atoms with E-state index >= 15 is 0 Å². The third kappa shape index (κ3) is 5.61. The predicted molar refractivity (Wildman–Crippen MR) is 220 cm³/mol. The number of benzene rings is 8. The highest BCUT2D eigenvalue weighted by molar-refractivity contribution is 7.99. The molecule has 0 unspecified atom stereocenters. The summed E-state index contributed by atoms with van der Waals surface area (Å²) in [4.78, 5) is 17.6. The lowest BCUT2D eigenvalue weighted by molar-refractivity contribution is 1.07. The summed E-state index contributed by atoms with van der Waals surface area (Å²) in [7, 11) is 0. The summed E-state index contributed by atoms with van der Waals surface area (Å²) in [5.74, 6) is 1.92. The first kappa shape index (κ1) is 31.1. The Morgan fingerprint density at radius 3 is 1.38 bits per heavy atom. The van der Waals surface area contributed by atoms with E-state index in [1.54, 1.807) is 0 Å². The van der Waals surface area contributed by atoms with E-state index in [2.05, 4.69) is 152 Å². The lowest BCUT2D eigenvalue weighted by Crippen LogP contribution is -2.00. The van der Waals surface area contributed by atoms with E-state index in [0.717, 1.165) is 27.8 Å². The normalized spacial score (nSPS) is 11.7. The van der Waals surface area contributed by atoms with Crippen LogP contribution in [-0.2, 0) is 0 Å². The van der Waals surface area contributed by atoms with Crippen molar-refractivity contribution in [1.29, 1.82) is 0 Å². The lowest BCUT2D eigenvalue weighted by atomic mass is 9.86. The Bertz CT molecular complexity index is 2750. The molecule has 0 saturated heterocycles. The van der Waals surface area contributed by atoms with E-state index in [9.17, 15) is 0 Å². The predicted octanol–water partition coefficient (Wildman–Crippen LogP) is 13.2. The smallest absolute Gasteiger partial charge is 0.164 e. The molecule has 1 aliphatic rings. The van der Waals surface area contributed by atoms with Gasteiger partial charge in [-0.25, -0.2) is 15.0 Å². The largest absolute Gasteiger partial charge is 0.208 e. The summed E-state index contributed by atoms with van der Waals surface area (Å²) in [5.41, 5.74) is 12.3. The van der Waals surface area contributed by atoms with Gasteiger partial charge in [0.05, 0.1) is 0 Å². The number of hydrogen-bond acceptors (Lipinski definition) is 4. The Kier molecular flexibility index (Phi) is 7.74. The van der Waals surface area contributed by atoms with Crippen molar-refractivity contribution in [2.45, 2.75) is 9.79 Å². The van der Waals surface area contributed by atoms with Crippen molar-refractivity contribution in [1.82, 2.24) is 15.0 Å². The third-order valence-corrected chi connectivity index (χ3v) is 11.2. The zero-order valence-electron chi connectivity index (χ0n) is 28.6. The fourth-order valence-corrected chi connectivity index (χ4v) is 8.68. The first-order valence-corrected chi connectivity index (χ1v) is 18.6. The van der Waals surface area contributed by atoms with E-state index in [1.165, 1.54) is 53.9 Å². The molecule has 0 amide bonds. The molecule has 0 fully saturated rings. The first-order valence-electron chi connectivity index (χ1n) is 17.8. The van der Waals surface area contributed by atoms with E-state index < -0.39 is 0 Å². The van der Waals surface area contributed by atoms with Crippen molar-refractivity contribution in [2.24, 2.45) is 0 Å². The molecule has 1 aliphatic heterocycles. The highest BCUT2D eigenvalue weighted by Gasteiger charge is 2.23. The van der Waals surface area contributed by atoms with Crippen molar-refractivity contribution in [3.05, 3.63) is 188 Å². The molecule has 10 rings (SSSR count). The molecule has 53 heavy (non-hydrogen) atoms. The van der Waals surface area contributed by atoms with Crippen molar-refractivity contribution in [2.75, 3.05) is 0 Å². The summed E-state index contributed by atoms with van der Waals surface area (Å²) in [6.07, 6.45) is 0. The van der Waals surface area contributed by atoms with Crippen molar-refractivity contribution in [3.63, 3.8) is 0 Å². The molecule has 1 aromatic heterocycles. The fourth-order valence-electron chi connectivity index (χ4n) is 7.44. The maximum absolute atomic E-state index is 5.12. The molecule has 0 aliphatic carbocycles. The Balaban J connectivity index is 1.29. The second kappa shape index (κ2) is 13.2. The molecule has 0 atom stereocenters. The molecule has 8 aromatic carbocycles. The van der Waals surface area contributed by atoms with Crippen LogP contribution in [0.25, 0.3) is 89.4 Å². The van der Waals surface area contributed by atoms with Gasteiger partial charge in [-0.3, -0.25) is 0 Å². The SMILES string of the molecule is c1ccc(-c2nc(-c3ccccc3)nc(-c3ccc4c(c3)-c3ccc5ccccc5c3Sc3ccccc3-c3ccccc3-c3ccccc3-4)n2)cc1. The molecule has 0 N–H and O–H groups in total. The second-order valence-corrected chi connectivity index (χ2v) is 14.2. The molecule has 0 radical (unpaired) electrons. The zero-order valence-corrected chi connectivity index (χ0v) is 29.5. The average molecular weight is 694 g/mol. The Hall–Kier alpha value is -6.62. The molecule has 0 saturated carbocycles. The zero-order chi connectivity index (χ0) is 35.1. The Morgan fingerprint density at radius 1 is 0.302 bits per heavy atom. The number of fused-ring (bicyclic) bond motifs is 11.